The lowest BCUT2D eigenvalue weighted by atomic mass is 10.1. The number of nitrogens with zero attached hydrogens (tertiary/aromatic N) is 1. The molecule has 0 aromatic rings. The van der Waals surface area contributed by atoms with E-state index in [0.717, 1.165) is 103 Å². The molecule has 0 saturated carbocycles. The molecule has 0 bridgehead atoms. The van der Waals surface area contributed by atoms with Crippen molar-refractivity contribution in [2.24, 2.45) is 0 Å². The molecule has 0 amide bonds. The van der Waals surface area contributed by atoms with E-state index in [1.54, 1.807) is 0 Å². The first-order valence-corrected chi connectivity index (χ1v) is 24.4. The number of likely N-dealkylation sites (N-methyl/N-ethyl adjacent to an activating group) is 1. The van der Waals surface area contributed by atoms with Gasteiger partial charge < -0.3 is 18.9 Å². The van der Waals surface area contributed by atoms with E-state index in [0.29, 0.717) is 24.1 Å². The summed E-state index contributed by atoms with van der Waals surface area (Å²) in [5.41, 5.74) is 0. The highest BCUT2D eigenvalue weighted by molar-refractivity contribution is 7.47. The van der Waals surface area contributed by atoms with Crippen molar-refractivity contribution in [2.45, 2.75) is 136 Å². The highest BCUT2D eigenvalue weighted by Crippen LogP contribution is 2.43. The molecule has 0 aliphatic heterocycles. The van der Waals surface area contributed by atoms with E-state index >= 15 is 0 Å². The molecule has 0 heterocycles. The predicted molar refractivity (Wildman–Crippen MR) is 260 cm³/mol. The van der Waals surface area contributed by atoms with Crippen molar-refractivity contribution in [3.05, 3.63) is 134 Å². The largest absolute Gasteiger partial charge is 0.472 e. The quantitative estimate of drug-likeness (QED) is 0.0216. The second kappa shape index (κ2) is 43.3. The number of unbranched alkanes of at least 4 members (excludes halogenated alkanes) is 4. The van der Waals surface area contributed by atoms with E-state index in [-0.39, 0.29) is 32.2 Å². The summed E-state index contributed by atoms with van der Waals surface area (Å²) in [4.78, 5) is 22.9. The average molecular weight is 867 g/mol. The first kappa shape index (κ1) is 57.6. The molecule has 0 rings (SSSR count). The zero-order chi connectivity index (χ0) is 44.8. The first-order valence-electron chi connectivity index (χ1n) is 22.9. The van der Waals surface area contributed by atoms with Gasteiger partial charge in [-0.3, -0.25) is 13.8 Å². The summed E-state index contributed by atoms with van der Waals surface area (Å²) in [6, 6.07) is 0. The number of ether oxygens (including phenoxy) is 2. The van der Waals surface area contributed by atoms with E-state index in [9.17, 15) is 14.3 Å². The molecule has 61 heavy (non-hydrogen) atoms. The molecule has 8 nitrogen and oxygen atoms in total. The van der Waals surface area contributed by atoms with Crippen molar-refractivity contribution in [1.82, 2.24) is 0 Å². The van der Waals surface area contributed by atoms with E-state index < -0.39 is 13.9 Å². The molecule has 0 aliphatic carbocycles. The Morgan fingerprint density at radius 1 is 0.508 bits per heavy atom. The van der Waals surface area contributed by atoms with Crippen LogP contribution in [0, 0.1) is 0 Å². The number of carbonyl (C=O) groups is 1. The molecule has 0 aromatic heterocycles. The van der Waals surface area contributed by atoms with Crippen LogP contribution in [0.4, 0.5) is 0 Å². The van der Waals surface area contributed by atoms with Crippen LogP contribution < -0.4 is 0 Å². The number of rotatable bonds is 40. The number of quaternary nitrogens is 1. The van der Waals surface area contributed by atoms with Gasteiger partial charge in [0.1, 0.15) is 19.3 Å². The number of hydrogen-bond acceptors (Lipinski definition) is 6. The molecular formula is C52H85NO7P+. The van der Waals surface area contributed by atoms with Gasteiger partial charge in [-0.25, -0.2) is 4.57 Å². The summed E-state index contributed by atoms with van der Waals surface area (Å²) in [7, 11) is 1.58. The normalized spacial score (nSPS) is 14.9. The van der Waals surface area contributed by atoms with Gasteiger partial charge >= 0.3 is 13.8 Å². The Morgan fingerprint density at radius 2 is 0.902 bits per heavy atom. The number of phosphoric acid groups is 1. The number of hydrogen-bond donors (Lipinski definition) is 1. The van der Waals surface area contributed by atoms with Crippen LogP contribution in [0.3, 0.4) is 0 Å². The Labute approximate surface area is 373 Å². The van der Waals surface area contributed by atoms with Crippen molar-refractivity contribution in [3.8, 4) is 0 Å². The van der Waals surface area contributed by atoms with E-state index in [1.807, 2.05) is 21.1 Å². The third-order valence-electron chi connectivity index (χ3n) is 8.71. The van der Waals surface area contributed by atoms with Crippen LogP contribution in [-0.4, -0.2) is 75.6 Å². The Balaban J connectivity index is 4.37. The zero-order valence-corrected chi connectivity index (χ0v) is 39.7. The molecule has 0 radical (unpaired) electrons. The Bertz CT molecular complexity index is 1420. The second-order valence-corrected chi connectivity index (χ2v) is 17.1. The summed E-state index contributed by atoms with van der Waals surface area (Å²) < 4.78 is 34.9. The van der Waals surface area contributed by atoms with E-state index in [1.165, 1.54) is 0 Å². The molecule has 2 atom stereocenters. The molecule has 9 heteroatoms. The second-order valence-electron chi connectivity index (χ2n) is 15.7. The van der Waals surface area contributed by atoms with Crippen molar-refractivity contribution < 1.29 is 37.3 Å². The van der Waals surface area contributed by atoms with Gasteiger partial charge in [0.25, 0.3) is 0 Å². The Hall–Kier alpha value is -3.36. The van der Waals surface area contributed by atoms with Gasteiger partial charge in [0.15, 0.2) is 0 Å². The summed E-state index contributed by atoms with van der Waals surface area (Å²) in [6.45, 7) is 5.14. The maximum absolute atomic E-state index is 12.7. The first-order chi connectivity index (χ1) is 29.6. The number of esters is 1. The molecular weight excluding hydrogens is 782 g/mol. The third kappa shape index (κ3) is 47.5. The lowest BCUT2D eigenvalue weighted by Gasteiger charge is -2.24. The fourth-order valence-corrected chi connectivity index (χ4v) is 5.98. The molecule has 0 saturated heterocycles. The highest BCUT2D eigenvalue weighted by Gasteiger charge is 2.26. The monoisotopic (exact) mass is 867 g/mol. The zero-order valence-electron chi connectivity index (χ0n) is 38.8. The Morgan fingerprint density at radius 3 is 1.31 bits per heavy atom. The number of allylic oxidation sites excluding steroid dienone is 22. The summed E-state index contributed by atoms with van der Waals surface area (Å²) in [5.74, 6) is -0.371. The highest BCUT2D eigenvalue weighted by atomic mass is 31.2. The standard InChI is InChI=1S/C52H84NO7P/c1-6-8-10-12-14-16-18-20-22-23-24-25-26-27-28-29-30-31-32-33-35-37-39-41-43-45-52(54)60-51(50-59-61(55,56)58-48-46-53(3,4)5)49-57-47-44-42-40-38-36-34-21-19-17-15-13-11-9-7-2/h8-11,14-17,20-22,24-25,27-28,30-31,33-35,38,40,51H,6-7,12-13,18-19,23,26,29,32,36-37,39,41-50H2,1-5H3/p+1/b10-8-,11-9-,16-14-,17-15-,22-20-,25-24-,28-27-,31-30-,34-21-,35-33-,40-38-. The summed E-state index contributed by atoms with van der Waals surface area (Å²) >= 11 is 0. The summed E-state index contributed by atoms with van der Waals surface area (Å²) in [6.07, 6.45) is 63.7. The van der Waals surface area contributed by atoms with Crippen LogP contribution in [0.1, 0.15) is 129 Å². The molecule has 1 N–H and O–H groups in total. The van der Waals surface area contributed by atoms with E-state index in [4.69, 9.17) is 18.5 Å². The molecule has 0 aromatic carbocycles. The van der Waals surface area contributed by atoms with Gasteiger partial charge in [-0.1, -0.05) is 154 Å². The van der Waals surface area contributed by atoms with Gasteiger partial charge in [0, 0.05) is 13.0 Å². The van der Waals surface area contributed by atoms with Crippen LogP contribution >= 0.6 is 7.82 Å². The topological polar surface area (TPSA) is 91.3 Å². The molecule has 0 aliphatic rings. The molecule has 344 valence electrons. The minimum Gasteiger partial charge on any atom is -0.457 e. The minimum atomic E-state index is -4.31. The van der Waals surface area contributed by atoms with Crippen molar-refractivity contribution in [2.75, 3.05) is 54.1 Å². The fourth-order valence-electron chi connectivity index (χ4n) is 5.24. The SMILES string of the molecule is CC/C=C\C/C=C\C/C=C\C/C=C\C/C=C\C/C=C\C/C=C\CCCCCC(=O)OC(COCCC/C=C\C/C=C\C/C=C\C/C=C\CC)COP(=O)(O)OCC[N+](C)(C)C. The van der Waals surface area contributed by atoms with Crippen molar-refractivity contribution in [1.29, 1.82) is 0 Å². The predicted octanol–water partition coefficient (Wildman–Crippen LogP) is 13.9. The van der Waals surface area contributed by atoms with Crippen LogP contribution in [0.25, 0.3) is 0 Å². The van der Waals surface area contributed by atoms with Gasteiger partial charge in [-0.15, -0.1) is 0 Å². The maximum Gasteiger partial charge on any atom is 0.472 e. The lowest BCUT2D eigenvalue weighted by Crippen LogP contribution is -2.37. The average Bonchev–Trinajstić information content (AvgIpc) is 3.22. The van der Waals surface area contributed by atoms with Crippen LogP contribution in [-0.2, 0) is 27.9 Å². The Kier molecular flexibility index (Phi) is 40.9. The van der Waals surface area contributed by atoms with Crippen molar-refractivity contribution >= 4 is 13.8 Å². The maximum atomic E-state index is 12.7. The van der Waals surface area contributed by atoms with Gasteiger partial charge in [0.05, 0.1) is 34.4 Å². The van der Waals surface area contributed by atoms with Gasteiger partial charge in [-0.2, -0.15) is 0 Å². The molecule has 0 fully saturated rings. The van der Waals surface area contributed by atoms with Crippen molar-refractivity contribution in [3.63, 3.8) is 0 Å². The molecule has 0 spiro atoms. The van der Waals surface area contributed by atoms with Crippen LogP contribution in [0.5, 0.6) is 0 Å². The number of carbonyl (C=O) groups excluding carboxylic acids is 1. The fraction of sp³-hybridized carbons (Fsp3) is 0.558. The van der Waals surface area contributed by atoms with Crippen LogP contribution in [0.2, 0.25) is 0 Å². The van der Waals surface area contributed by atoms with E-state index in [2.05, 4.69) is 148 Å². The summed E-state index contributed by atoms with van der Waals surface area (Å²) in [5, 5.41) is 0. The molecule has 2 unspecified atom stereocenters. The van der Waals surface area contributed by atoms with Gasteiger partial charge in [0.2, 0.25) is 0 Å². The lowest BCUT2D eigenvalue weighted by molar-refractivity contribution is -0.870. The number of phosphoric ester groups is 1. The minimum absolute atomic E-state index is 0.0627. The van der Waals surface area contributed by atoms with Crippen LogP contribution in [0.15, 0.2) is 134 Å². The smallest absolute Gasteiger partial charge is 0.457 e. The third-order valence-corrected chi connectivity index (χ3v) is 9.69. The van der Waals surface area contributed by atoms with Gasteiger partial charge in [-0.05, 0) is 103 Å².